The van der Waals surface area contributed by atoms with Crippen LogP contribution in [-0.4, -0.2) is 13.2 Å². The third kappa shape index (κ3) is 1.95. The molecule has 20 heavy (non-hydrogen) atoms. The van der Waals surface area contributed by atoms with E-state index in [1.165, 1.54) is 6.42 Å². The zero-order valence-electron chi connectivity index (χ0n) is 12.8. The minimum absolute atomic E-state index is 0.280. The molecule has 110 valence electrons. The van der Waals surface area contributed by atoms with Gasteiger partial charge in [-0.05, 0) is 48.1 Å². The van der Waals surface area contributed by atoms with E-state index in [0.29, 0.717) is 11.3 Å². The van der Waals surface area contributed by atoms with Gasteiger partial charge >= 0.3 is 0 Å². The molecule has 0 unspecified atom stereocenters. The van der Waals surface area contributed by atoms with Gasteiger partial charge in [0.25, 0.3) is 0 Å². The smallest absolute Gasteiger partial charge is 0.163 e. The lowest BCUT2D eigenvalue weighted by Crippen LogP contribution is -2.57. The molecule has 1 aromatic carbocycles. The van der Waals surface area contributed by atoms with Crippen LogP contribution < -0.4 is 15.2 Å². The number of fused-ring (bicyclic) bond motifs is 2. The maximum absolute atomic E-state index is 6.26. The average molecular weight is 275 g/mol. The maximum atomic E-state index is 6.26. The number of nitrogen functional groups attached to an aromatic ring is 1. The molecule has 3 nitrogen and oxygen atoms in total. The summed E-state index contributed by atoms with van der Waals surface area (Å²) in [4.78, 5) is 0. The third-order valence-corrected chi connectivity index (χ3v) is 5.75. The van der Waals surface area contributed by atoms with Crippen LogP contribution in [0.3, 0.4) is 0 Å². The van der Waals surface area contributed by atoms with E-state index >= 15 is 0 Å². The molecule has 0 radical (unpaired) electrons. The van der Waals surface area contributed by atoms with Gasteiger partial charge < -0.3 is 15.2 Å². The molecule has 3 aliphatic rings. The van der Waals surface area contributed by atoms with Gasteiger partial charge in [0.05, 0.1) is 7.11 Å². The Hall–Kier alpha value is -1.38. The van der Waals surface area contributed by atoms with Crippen LogP contribution in [0.15, 0.2) is 18.2 Å². The van der Waals surface area contributed by atoms with E-state index in [-0.39, 0.29) is 6.10 Å². The van der Waals surface area contributed by atoms with Crippen molar-refractivity contribution in [2.45, 2.75) is 39.7 Å². The maximum Gasteiger partial charge on any atom is 0.163 e. The highest BCUT2D eigenvalue weighted by atomic mass is 16.5. The fraction of sp³-hybridized carbons (Fsp3) is 0.647. The molecule has 0 spiro atoms. The van der Waals surface area contributed by atoms with Crippen LogP contribution in [-0.2, 0) is 0 Å². The topological polar surface area (TPSA) is 44.5 Å². The summed E-state index contributed by atoms with van der Waals surface area (Å²) in [6, 6.07) is 5.59. The standard InChI is InChI=1S/C17H25NO2/c1-10-13-7-11(17(13,2)3)8-15(10)20-16-9-12(18)5-6-14(16)19-4/h5-6,9-11,13,15H,7-8,18H2,1-4H3/t10-,11+,13-,15+/m0/s1. The number of rotatable bonds is 3. The second kappa shape index (κ2) is 4.57. The molecule has 0 heterocycles. The predicted molar refractivity (Wildman–Crippen MR) is 81.0 cm³/mol. The summed E-state index contributed by atoms with van der Waals surface area (Å²) in [5.41, 5.74) is 7.07. The van der Waals surface area contributed by atoms with E-state index < -0.39 is 0 Å². The van der Waals surface area contributed by atoms with Crippen molar-refractivity contribution in [3.63, 3.8) is 0 Å². The number of methoxy groups -OCH3 is 1. The van der Waals surface area contributed by atoms with Gasteiger partial charge in [-0.2, -0.15) is 0 Å². The van der Waals surface area contributed by atoms with Crippen molar-refractivity contribution < 1.29 is 9.47 Å². The Morgan fingerprint density at radius 3 is 2.55 bits per heavy atom. The molecular formula is C17H25NO2. The van der Waals surface area contributed by atoms with E-state index in [1.807, 2.05) is 18.2 Å². The molecule has 3 aliphatic carbocycles. The monoisotopic (exact) mass is 275 g/mol. The number of ether oxygens (including phenoxy) is 2. The molecule has 0 saturated heterocycles. The highest BCUT2D eigenvalue weighted by Crippen LogP contribution is 2.61. The van der Waals surface area contributed by atoms with Crippen LogP contribution in [0, 0.1) is 23.2 Å². The van der Waals surface area contributed by atoms with E-state index in [1.54, 1.807) is 7.11 Å². The SMILES string of the molecule is COc1ccc(N)cc1O[C@@H]1C[C@H]2C[C@@H]([C@@H]1C)C2(C)C. The van der Waals surface area contributed by atoms with Gasteiger partial charge in [-0.15, -0.1) is 0 Å². The minimum Gasteiger partial charge on any atom is -0.493 e. The minimum atomic E-state index is 0.280. The lowest BCUT2D eigenvalue weighted by atomic mass is 9.45. The largest absolute Gasteiger partial charge is 0.493 e. The number of hydrogen-bond acceptors (Lipinski definition) is 3. The lowest BCUT2D eigenvalue weighted by Gasteiger charge is -2.61. The predicted octanol–water partition coefficient (Wildman–Crippen LogP) is 3.73. The molecular weight excluding hydrogens is 250 g/mol. The molecule has 0 aliphatic heterocycles. The zero-order valence-corrected chi connectivity index (χ0v) is 12.8. The summed E-state index contributed by atoms with van der Waals surface area (Å²) in [6.45, 7) is 7.13. The van der Waals surface area contributed by atoms with Gasteiger partial charge in [-0.3, -0.25) is 0 Å². The van der Waals surface area contributed by atoms with Gasteiger partial charge in [0, 0.05) is 11.8 Å². The molecule has 0 aromatic heterocycles. The summed E-state index contributed by atoms with van der Waals surface area (Å²) in [5.74, 6) is 3.70. The van der Waals surface area contributed by atoms with Crippen LogP contribution in [0.25, 0.3) is 0 Å². The van der Waals surface area contributed by atoms with Gasteiger partial charge in [0.2, 0.25) is 0 Å². The fourth-order valence-corrected chi connectivity index (χ4v) is 4.21. The molecule has 3 fully saturated rings. The van der Waals surface area contributed by atoms with Crippen molar-refractivity contribution in [2.24, 2.45) is 23.2 Å². The zero-order chi connectivity index (χ0) is 14.5. The Labute approximate surface area is 121 Å². The highest BCUT2D eigenvalue weighted by Gasteiger charge is 2.57. The first-order valence-electron chi connectivity index (χ1n) is 7.53. The molecule has 4 rings (SSSR count). The molecule has 2 bridgehead atoms. The third-order valence-electron chi connectivity index (χ3n) is 5.75. The number of hydrogen-bond donors (Lipinski definition) is 1. The van der Waals surface area contributed by atoms with Crippen LogP contribution in [0.4, 0.5) is 5.69 Å². The van der Waals surface area contributed by atoms with Crippen molar-refractivity contribution in [1.29, 1.82) is 0 Å². The van der Waals surface area contributed by atoms with Gasteiger partial charge in [-0.1, -0.05) is 20.8 Å². The van der Waals surface area contributed by atoms with E-state index in [0.717, 1.165) is 35.4 Å². The molecule has 0 amide bonds. The number of anilines is 1. The average Bonchev–Trinajstić information content (AvgIpc) is 2.40. The molecule has 4 atom stereocenters. The van der Waals surface area contributed by atoms with Crippen LogP contribution in [0.2, 0.25) is 0 Å². The van der Waals surface area contributed by atoms with Gasteiger partial charge in [0.1, 0.15) is 6.10 Å². The van der Waals surface area contributed by atoms with E-state index in [9.17, 15) is 0 Å². The first-order chi connectivity index (χ1) is 9.43. The Bertz CT molecular complexity index is 512. The summed E-state index contributed by atoms with van der Waals surface area (Å²) in [5, 5.41) is 0. The summed E-state index contributed by atoms with van der Waals surface area (Å²) >= 11 is 0. The normalized spacial score (nSPS) is 34.2. The quantitative estimate of drug-likeness (QED) is 0.855. The number of nitrogens with two attached hydrogens (primary N) is 1. The second-order valence-corrected chi connectivity index (χ2v) is 7.02. The fourth-order valence-electron chi connectivity index (χ4n) is 4.21. The Morgan fingerprint density at radius 1 is 1.20 bits per heavy atom. The van der Waals surface area contributed by atoms with Crippen molar-refractivity contribution in [2.75, 3.05) is 12.8 Å². The summed E-state index contributed by atoms with van der Waals surface area (Å²) < 4.78 is 11.6. The van der Waals surface area contributed by atoms with Crippen molar-refractivity contribution in [3.8, 4) is 11.5 Å². The molecule has 1 aromatic rings. The second-order valence-electron chi connectivity index (χ2n) is 7.02. The first-order valence-corrected chi connectivity index (χ1v) is 7.53. The van der Waals surface area contributed by atoms with E-state index in [4.69, 9.17) is 15.2 Å². The number of benzene rings is 1. The first kappa shape index (κ1) is 13.6. The van der Waals surface area contributed by atoms with Crippen LogP contribution in [0.1, 0.15) is 33.6 Å². The molecule has 3 heteroatoms. The van der Waals surface area contributed by atoms with Crippen LogP contribution >= 0.6 is 0 Å². The van der Waals surface area contributed by atoms with Crippen molar-refractivity contribution in [1.82, 2.24) is 0 Å². The summed E-state index contributed by atoms with van der Waals surface area (Å²) in [7, 11) is 1.67. The highest BCUT2D eigenvalue weighted by molar-refractivity contribution is 5.52. The Morgan fingerprint density at radius 2 is 1.95 bits per heavy atom. The van der Waals surface area contributed by atoms with E-state index in [2.05, 4.69) is 20.8 Å². The van der Waals surface area contributed by atoms with Crippen molar-refractivity contribution in [3.05, 3.63) is 18.2 Å². The molecule has 2 N–H and O–H groups in total. The van der Waals surface area contributed by atoms with Gasteiger partial charge in [0.15, 0.2) is 11.5 Å². The Kier molecular flexibility index (Phi) is 3.11. The van der Waals surface area contributed by atoms with Crippen molar-refractivity contribution >= 4 is 5.69 Å². The lowest BCUT2D eigenvalue weighted by molar-refractivity contribution is -0.147. The van der Waals surface area contributed by atoms with Crippen LogP contribution in [0.5, 0.6) is 11.5 Å². The molecule has 3 saturated carbocycles. The Balaban J connectivity index is 1.78. The summed E-state index contributed by atoms with van der Waals surface area (Å²) in [6.07, 6.45) is 2.78. The van der Waals surface area contributed by atoms with Gasteiger partial charge in [-0.25, -0.2) is 0 Å².